The maximum absolute atomic E-state index is 12.6. The molecule has 23 heavy (non-hydrogen) atoms. The lowest BCUT2D eigenvalue weighted by Gasteiger charge is -2.26. The first-order chi connectivity index (χ1) is 10.8. The Labute approximate surface area is 139 Å². The lowest BCUT2D eigenvalue weighted by molar-refractivity contribution is -0.162. The normalized spacial score (nSPS) is 31.6. The Bertz CT molecular complexity index is 578. The smallest absolute Gasteiger partial charge is 0.334 e. The highest BCUT2D eigenvalue weighted by Gasteiger charge is 2.38. The third kappa shape index (κ3) is 4.43. The third-order valence-corrected chi connectivity index (χ3v) is 4.94. The predicted octanol–water partition coefficient (Wildman–Crippen LogP) is 4.68. The highest BCUT2D eigenvalue weighted by Crippen LogP contribution is 2.30. The standard InChI is InChI=1S/C20H28O3/c1-14(2)16-9-7-15(3)8-12-18(21)20(4)13-5-6-17(11-10-16)19(22)23-20/h6-7,9,14H,5,8,10-13H2,1-4H3/b15-7+,16-9+/t20-/m0/s1. The molecule has 1 atom stereocenters. The molecule has 0 aromatic carbocycles. The minimum atomic E-state index is -0.974. The van der Waals surface area contributed by atoms with E-state index in [9.17, 15) is 9.59 Å². The molecule has 0 aromatic heterocycles. The highest BCUT2D eigenvalue weighted by atomic mass is 16.6. The Morgan fingerprint density at radius 3 is 2.52 bits per heavy atom. The van der Waals surface area contributed by atoms with Crippen LogP contribution in [0.25, 0.3) is 0 Å². The zero-order valence-corrected chi connectivity index (χ0v) is 14.8. The Morgan fingerprint density at radius 1 is 1.09 bits per heavy atom. The largest absolute Gasteiger partial charge is 0.448 e. The minimum absolute atomic E-state index is 0.0283. The number of carbonyl (C=O) groups excluding carboxylic acids is 2. The number of hydrogen-bond donors (Lipinski definition) is 0. The number of esters is 1. The lowest BCUT2D eigenvalue weighted by Crippen LogP contribution is -2.39. The van der Waals surface area contributed by atoms with Crippen LogP contribution in [0.2, 0.25) is 0 Å². The van der Waals surface area contributed by atoms with Crippen LogP contribution < -0.4 is 0 Å². The van der Waals surface area contributed by atoms with Gasteiger partial charge in [-0.05, 0) is 51.9 Å². The number of fused-ring (bicyclic) bond motifs is 3. The van der Waals surface area contributed by atoms with Gasteiger partial charge in [-0.1, -0.05) is 43.2 Å². The topological polar surface area (TPSA) is 43.4 Å². The molecule has 3 heteroatoms. The molecule has 2 bridgehead atoms. The van der Waals surface area contributed by atoms with Crippen molar-refractivity contribution >= 4 is 11.8 Å². The van der Waals surface area contributed by atoms with Crippen molar-refractivity contribution in [2.24, 2.45) is 5.92 Å². The van der Waals surface area contributed by atoms with Gasteiger partial charge in [0.15, 0.2) is 11.4 Å². The fourth-order valence-corrected chi connectivity index (χ4v) is 3.08. The minimum Gasteiger partial charge on any atom is -0.448 e. The van der Waals surface area contributed by atoms with E-state index in [1.807, 2.05) is 6.08 Å². The van der Waals surface area contributed by atoms with Crippen LogP contribution in [0.1, 0.15) is 66.2 Å². The average Bonchev–Trinajstić information content (AvgIpc) is 2.62. The molecular formula is C20H28O3. The van der Waals surface area contributed by atoms with E-state index in [4.69, 9.17) is 4.74 Å². The van der Waals surface area contributed by atoms with Gasteiger partial charge in [-0.2, -0.15) is 0 Å². The molecule has 0 aromatic rings. The van der Waals surface area contributed by atoms with Crippen LogP contribution in [-0.2, 0) is 14.3 Å². The first kappa shape index (κ1) is 17.7. The van der Waals surface area contributed by atoms with Crippen molar-refractivity contribution in [3.63, 3.8) is 0 Å². The number of carbonyl (C=O) groups is 2. The second-order valence-corrected chi connectivity index (χ2v) is 7.22. The summed E-state index contributed by atoms with van der Waals surface area (Å²) in [5.41, 5.74) is 2.26. The quantitative estimate of drug-likeness (QED) is 0.660. The van der Waals surface area contributed by atoms with Gasteiger partial charge in [0.05, 0.1) is 0 Å². The van der Waals surface area contributed by atoms with Crippen LogP contribution in [0.4, 0.5) is 0 Å². The average molecular weight is 316 g/mol. The van der Waals surface area contributed by atoms with Crippen LogP contribution in [0.3, 0.4) is 0 Å². The van der Waals surface area contributed by atoms with Crippen LogP contribution >= 0.6 is 0 Å². The van der Waals surface area contributed by atoms with Gasteiger partial charge in [0.25, 0.3) is 0 Å². The van der Waals surface area contributed by atoms with E-state index in [0.717, 1.165) is 12.8 Å². The Balaban J connectivity index is 2.34. The molecule has 3 nitrogen and oxygen atoms in total. The molecule has 126 valence electrons. The van der Waals surface area contributed by atoms with E-state index in [2.05, 4.69) is 32.9 Å². The van der Waals surface area contributed by atoms with Crippen molar-refractivity contribution in [3.05, 3.63) is 34.9 Å². The molecule has 2 heterocycles. The second-order valence-electron chi connectivity index (χ2n) is 7.22. The fourth-order valence-electron chi connectivity index (χ4n) is 3.08. The monoisotopic (exact) mass is 316 g/mol. The molecule has 0 spiro atoms. The van der Waals surface area contributed by atoms with E-state index in [0.29, 0.717) is 37.2 Å². The molecule has 0 aliphatic carbocycles. The molecule has 0 amide bonds. The maximum atomic E-state index is 12.6. The number of hydrogen-bond acceptors (Lipinski definition) is 3. The maximum Gasteiger partial charge on any atom is 0.334 e. The summed E-state index contributed by atoms with van der Waals surface area (Å²) >= 11 is 0. The SMILES string of the molecule is C/C1=C\C=C(\C(C)C)CCC2=CCC[C@](C)(OC2=O)C(=O)CC1. The molecule has 0 N–H and O–H groups in total. The molecule has 0 saturated carbocycles. The van der Waals surface area contributed by atoms with E-state index in [-0.39, 0.29) is 11.8 Å². The van der Waals surface area contributed by atoms with E-state index in [1.54, 1.807) is 6.92 Å². The number of ketones is 1. The van der Waals surface area contributed by atoms with Crippen LogP contribution in [0.5, 0.6) is 0 Å². The van der Waals surface area contributed by atoms with Crippen LogP contribution in [0.15, 0.2) is 34.9 Å². The number of allylic oxidation sites excluding steroid dienone is 5. The summed E-state index contributed by atoms with van der Waals surface area (Å²) in [6, 6.07) is 0. The van der Waals surface area contributed by atoms with Crippen molar-refractivity contribution < 1.29 is 14.3 Å². The van der Waals surface area contributed by atoms with Gasteiger partial charge < -0.3 is 4.74 Å². The summed E-state index contributed by atoms with van der Waals surface area (Å²) in [5, 5.41) is 0. The molecule has 2 aliphatic rings. The third-order valence-electron chi connectivity index (χ3n) is 4.94. The molecule has 2 aliphatic heterocycles. The first-order valence-electron chi connectivity index (χ1n) is 8.64. The van der Waals surface area contributed by atoms with Crippen LogP contribution in [-0.4, -0.2) is 17.4 Å². The summed E-state index contributed by atoms with van der Waals surface area (Å²) in [6.45, 7) is 8.17. The summed E-state index contributed by atoms with van der Waals surface area (Å²) in [7, 11) is 0. The zero-order valence-electron chi connectivity index (χ0n) is 14.8. The predicted molar refractivity (Wildman–Crippen MR) is 92.0 cm³/mol. The van der Waals surface area contributed by atoms with Gasteiger partial charge >= 0.3 is 5.97 Å². The van der Waals surface area contributed by atoms with Crippen molar-refractivity contribution in [1.82, 2.24) is 0 Å². The number of rotatable bonds is 1. The van der Waals surface area contributed by atoms with E-state index in [1.165, 1.54) is 11.1 Å². The molecular weight excluding hydrogens is 288 g/mol. The van der Waals surface area contributed by atoms with E-state index < -0.39 is 5.60 Å². The van der Waals surface area contributed by atoms with Gasteiger partial charge in [0.2, 0.25) is 0 Å². The zero-order chi connectivity index (χ0) is 17.0. The van der Waals surface area contributed by atoms with Crippen molar-refractivity contribution in [2.75, 3.05) is 0 Å². The van der Waals surface area contributed by atoms with Crippen LogP contribution in [0, 0.1) is 5.92 Å². The van der Waals surface area contributed by atoms with Gasteiger partial charge in [-0.25, -0.2) is 4.79 Å². The molecule has 2 rings (SSSR count). The van der Waals surface area contributed by atoms with Gasteiger partial charge in [-0.15, -0.1) is 0 Å². The molecule has 0 saturated heterocycles. The van der Waals surface area contributed by atoms with Crippen molar-refractivity contribution in [1.29, 1.82) is 0 Å². The summed E-state index contributed by atoms with van der Waals surface area (Å²) in [6.07, 6.45) is 10.2. The Morgan fingerprint density at radius 2 is 1.83 bits per heavy atom. The second kappa shape index (κ2) is 7.29. The summed E-state index contributed by atoms with van der Waals surface area (Å²) in [5.74, 6) is 0.157. The Kier molecular flexibility index (Phi) is 5.61. The van der Waals surface area contributed by atoms with Gasteiger partial charge in [0.1, 0.15) is 0 Å². The fraction of sp³-hybridized carbons (Fsp3) is 0.600. The summed E-state index contributed by atoms with van der Waals surface area (Å²) in [4.78, 5) is 25.0. The molecule has 0 fully saturated rings. The molecule has 0 radical (unpaired) electrons. The first-order valence-corrected chi connectivity index (χ1v) is 8.64. The molecule has 0 unspecified atom stereocenters. The number of Topliss-reactive ketones (excluding diaryl/α,β-unsaturated/α-hetero) is 1. The van der Waals surface area contributed by atoms with Gasteiger partial charge in [-0.3, -0.25) is 4.79 Å². The lowest BCUT2D eigenvalue weighted by atomic mass is 9.90. The van der Waals surface area contributed by atoms with Gasteiger partial charge in [0, 0.05) is 12.0 Å². The van der Waals surface area contributed by atoms with Crippen molar-refractivity contribution in [3.8, 4) is 0 Å². The Hall–Kier alpha value is -1.64. The summed E-state index contributed by atoms with van der Waals surface area (Å²) < 4.78 is 5.62. The van der Waals surface area contributed by atoms with Crippen molar-refractivity contribution in [2.45, 2.75) is 71.8 Å². The highest BCUT2D eigenvalue weighted by molar-refractivity contribution is 5.94. The van der Waals surface area contributed by atoms with E-state index >= 15 is 0 Å². The number of ether oxygens (including phenoxy) is 1.